The van der Waals surface area contributed by atoms with Crippen molar-refractivity contribution in [2.75, 3.05) is 13.1 Å². The average molecular weight is 411 g/mol. The Labute approximate surface area is 169 Å². The summed E-state index contributed by atoms with van der Waals surface area (Å²) in [6.07, 6.45) is 1.52. The number of carbonyl (C=O) groups is 1. The number of benzene rings is 1. The van der Waals surface area contributed by atoms with E-state index < -0.39 is 0 Å². The van der Waals surface area contributed by atoms with E-state index in [0.29, 0.717) is 18.8 Å². The fourth-order valence-corrected chi connectivity index (χ4v) is 5.42. The summed E-state index contributed by atoms with van der Waals surface area (Å²) in [6.45, 7) is 1.25. The highest BCUT2D eigenvalue weighted by atomic mass is 32.1. The molecule has 3 aromatic heterocycles. The maximum absolute atomic E-state index is 12.9. The molecule has 142 valence electrons. The van der Waals surface area contributed by atoms with Crippen LogP contribution in [0.4, 0.5) is 0 Å². The van der Waals surface area contributed by atoms with Gasteiger partial charge in [-0.3, -0.25) is 9.36 Å². The van der Waals surface area contributed by atoms with Crippen molar-refractivity contribution in [2.45, 2.75) is 18.9 Å². The lowest BCUT2D eigenvalue weighted by Crippen LogP contribution is -2.40. The minimum absolute atomic E-state index is 0.0243. The van der Waals surface area contributed by atoms with Crippen molar-refractivity contribution in [3.05, 3.63) is 63.3 Å². The Morgan fingerprint density at radius 2 is 1.93 bits per heavy atom. The van der Waals surface area contributed by atoms with Crippen LogP contribution >= 0.6 is 22.7 Å². The SMILES string of the molecule is O=C(c1csc(-c2cccs2)n1)N1CCC(n2c(=O)[nH]c3ccccc32)CC1. The Kier molecular flexibility index (Phi) is 4.37. The van der Waals surface area contributed by atoms with Gasteiger partial charge in [0.2, 0.25) is 0 Å². The monoisotopic (exact) mass is 410 g/mol. The molecule has 8 heteroatoms. The average Bonchev–Trinajstić information content (AvgIpc) is 3.46. The van der Waals surface area contributed by atoms with Crippen molar-refractivity contribution in [2.24, 2.45) is 0 Å². The third-order valence-corrected chi connectivity index (χ3v) is 7.08. The fraction of sp³-hybridized carbons (Fsp3) is 0.250. The summed E-state index contributed by atoms with van der Waals surface area (Å²) in [4.78, 5) is 35.6. The van der Waals surface area contributed by atoms with Crippen LogP contribution in [0.25, 0.3) is 20.9 Å². The number of fused-ring (bicyclic) bond motifs is 1. The van der Waals surface area contributed by atoms with Crippen LogP contribution < -0.4 is 5.69 Å². The van der Waals surface area contributed by atoms with Crippen LogP contribution in [-0.4, -0.2) is 38.4 Å². The first-order valence-electron chi connectivity index (χ1n) is 9.18. The van der Waals surface area contributed by atoms with Crippen molar-refractivity contribution in [1.82, 2.24) is 19.4 Å². The molecule has 4 aromatic rings. The van der Waals surface area contributed by atoms with Gasteiger partial charge in [-0.05, 0) is 36.4 Å². The fourth-order valence-electron chi connectivity index (χ4n) is 3.81. The molecule has 4 heterocycles. The second-order valence-electron chi connectivity index (χ2n) is 6.86. The first-order chi connectivity index (χ1) is 13.7. The number of aromatic amines is 1. The van der Waals surface area contributed by atoms with E-state index in [0.717, 1.165) is 33.8 Å². The molecule has 0 spiro atoms. The van der Waals surface area contributed by atoms with Crippen molar-refractivity contribution in [3.8, 4) is 9.88 Å². The number of para-hydroxylation sites is 2. The van der Waals surface area contributed by atoms with Crippen LogP contribution in [0.2, 0.25) is 0 Å². The van der Waals surface area contributed by atoms with Gasteiger partial charge in [0.25, 0.3) is 5.91 Å². The lowest BCUT2D eigenvalue weighted by molar-refractivity contribution is 0.0690. The minimum Gasteiger partial charge on any atom is -0.337 e. The molecule has 6 nitrogen and oxygen atoms in total. The number of hydrogen-bond acceptors (Lipinski definition) is 5. The molecule has 0 aliphatic carbocycles. The number of nitrogens with zero attached hydrogens (tertiary/aromatic N) is 3. The number of likely N-dealkylation sites (tertiary alicyclic amines) is 1. The van der Waals surface area contributed by atoms with Gasteiger partial charge in [0.1, 0.15) is 10.7 Å². The van der Waals surface area contributed by atoms with E-state index in [1.54, 1.807) is 11.3 Å². The molecule has 0 saturated carbocycles. The van der Waals surface area contributed by atoms with E-state index >= 15 is 0 Å². The summed E-state index contributed by atoms with van der Waals surface area (Å²) < 4.78 is 1.84. The Balaban J connectivity index is 1.31. The van der Waals surface area contributed by atoms with E-state index in [4.69, 9.17) is 0 Å². The maximum atomic E-state index is 12.9. The Morgan fingerprint density at radius 3 is 2.71 bits per heavy atom. The van der Waals surface area contributed by atoms with Crippen LogP contribution in [0.1, 0.15) is 29.4 Å². The van der Waals surface area contributed by atoms with Gasteiger partial charge in [0, 0.05) is 24.5 Å². The summed E-state index contributed by atoms with van der Waals surface area (Å²) in [5.41, 5.74) is 2.22. The number of aromatic nitrogens is 3. The lowest BCUT2D eigenvalue weighted by atomic mass is 10.0. The molecule has 28 heavy (non-hydrogen) atoms. The number of rotatable bonds is 3. The van der Waals surface area contributed by atoms with E-state index in [1.165, 1.54) is 11.3 Å². The number of carbonyl (C=O) groups excluding carboxylic acids is 1. The van der Waals surface area contributed by atoms with Gasteiger partial charge < -0.3 is 9.88 Å². The number of amides is 1. The number of hydrogen-bond donors (Lipinski definition) is 1. The van der Waals surface area contributed by atoms with Gasteiger partial charge in [-0.1, -0.05) is 18.2 Å². The van der Waals surface area contributed by atoms with Crippen molar-refractivity contribution in [3.63, 3.8) is 0 Å². The molecule has 1 fully saturated rings. The molecular weight excluding hydrogens is 392 g/mol. The zero-order valence-electron chi connectivity index (χ0n) is 15.0. The molecule has 1 aliphatic rings. The summed E-state index contributed by atoms with van der Waals surface area (Å²) in [5, 5.41) is 4.74. The number of nitrogens with one attached hydrogen (secondary N) is 1. The summed E-state index contributed by atoms with van der Waals surface area (Å²) in [6, 6.07) is 11.8. The standard InChI is InChI=1S/C20H18N4O2S2/c25-19(15-12-28-18(21-15)17-6-3-11-27-17)23-9-7-13(8-10-23)24-16-5-2-1-4-14(16)22-20(24)26/h1-6,11-13H,7-10H2,(H,22,26). The number of H-pyrrole nitrogens is 1. The van der Waals surface area contributed by atoms with Crippen LogP contribution in [0, 0.1) is 0 Å². The number of imidazole rings is 1. The summed E-state index contributed by atoms with van der Waals surface area (Å²) in [7, 11) is 0. The third kappa shape index (κ3) is 2.98. The van der Waals surface area contributed by atoms with Crippen LogP contribution in [0.15, 0.2) is 52.0 Å². The maximum Gasteiger partial charge on any atom is 0.326 e. The molecular formula is C20H18N4O2S2. The lowest BCUT2D eigenvalue weighted by Gasteiger charge is -2.32. The van der Waals surface area contributed by atoms with Gasteiger partial charge in [-0.15, -0.1) is 22.7 Å². The molecule has 1 N–H and O–H groups in total. The number of thiazole rings is 1. The van der Waals surface area contributed by atoms with E-state index in [9.17, 15) is 9.59 Å². The largest absolute Gasteiger partial charge is 0.337 e. The highest BCUT2D eigenvalue weighted by Crippen LogP contribution is 2.29. The van der Waals surface area contributed by atoms with Crippen LogP contribution in [0.3, 0.4) is 0 Å². The Hall–Kier alpha value is -2.71. The second kappa shape index (κ2) is 7.03. The Morgan fingerprint density at radius 1 is 1.11 bits per heavy atom. The molecule has 0 radical (unpaired) electrons. The molecule has 1 amide bonds. The van der Waals surface area contributed by atoms with E-state index in [1.807, 2.05) is 56.6 Å². The van der Waals surface area contributed by atoms with Crippen LogP contribution in [0.5, 0.6) is 0 Å². The summed E-state index contributed by atoms with van der Waals surface area (Å²) >= 11 is 3.13. The normalized spacial score (nSPS) is 15.4. The molecule has 1 saturated heterocycles. The van der Waals surface area contributed by atoms with Gasteiger partial charge in [-0.2, -0.15) is 0 Å². The van der Waals surface area contributed by atoms with Crippen molar-refractivity contribution in [1.29, 1.82) is 0 Å². The number of piperidine rings is 1. The second-order valence-corrected chi connectivity index (χ2v) is 8.66. The van der Waals surface area contributed by atoms with Crippen molar-refractivity contribution >= 4 is 39.6 Å². The zero-order valence-corrected chi connectivity index (χ0v) is 16.6. The van der Waals surface area contributed by atoms with Gasteiger partial charge >= 0.3 is 5.69 Å². The van der Waals surface area contributed by atoms with E-state index in [-0.39, 0.29) is 17.6 Å². The number of thiophene rings is 1. The molecule has 1 aromatic carbocycles. The highest BCUT2D eigenvalue weighted by molar-refractivity contribution is 7.20. The molecule has 0 unspecified atom stereocenters. The van der Waals surface area contributed by atoms with Gasteiger partial charge in [0.15, 0.2) is 0 Å². The highest BCUT2D eigenvalue weighted by Gasteiger charge is 2.27. The molecule has 1 aliphatic heterocycles. The van der Waals surface area contributed by atoms with Crippen LogP contribution in [-0.2, 0) is 0 Å². The molecule has 0 bridgehead atoms. The first kappa shape index (κ1) is 17.4. The predicted molar refractivity (Wildman–Crippen MR) is 112 cm³/mol. The predicted octanol–water partition coefficient (Wildman–Crippen LogP) is 3.99. The molecule has 0 atom stereocenters. The first-order valence-corrected chi connectivity index (χ1v) is 10.9. The zero-order chi connectivity index (χ0) is 19.1. The summed E-state index contributed by atoms with van der Waals surface area (Å²) in [5.74, 6) is -0.0243. The van der Waals surface area contributed by atoms with Gasteiger partial charge in [0.05, 0.1) is 15.9 Å². The third-order valence-electron chi connectivity index (χ3n) is 5.20. The van der Waals surface area contributed by atoms with E-state index in [2.05, 4.69) is 9.97 Å². The van der Waals surface area contributed by atoms with Crippen molar-refractivity contribution < 1.29 is 4.79 Å². The quantitative estimate of drug-likeness (QED) is 0.555. The Bertz CT molecular complexity index is 1180. The van der Waals surface area contributed by atoms with Gasteiger partial charge in [-0.25, -0.2) is 9.78 Å². The smallest absolute Gasteiger partial charge is 0.326 e. The minimum atomic E-state index is -0.0777. The molecule has 5 rings (SSSR count). The topological polar surface area (TPSA) is 71.0 Å².